The van der Waals surface area contributed by atoms with Crippen LogP contribution in [0.15, 0.2) is 82.6 Å². The number of carbonyl (C=O) groups is 1. The lowest BCUT2D eigenvalue weighted by atomic mass is 10.2. The number of nitrogens with zero attached hydrogens (tertiary/aromatic N) is 1. The molecule has 3 aromatic carbocycles. The fraction of sp³-hybridized carbons (Fsp3) is 0.174. The van der Waals surface area contributed by atoms with E-state index in [1.165, 1.54) is 32.4 Å². The Morgan fingerprint density at radius 1 is 0.938 bits per heavy atom. The summed E-state index contributed by atoms with van der Waals surface area (Å²) < 4.78 is 38.5. The summed E-state index contributed by atoms with van der Waals surface area (Å²) in [6, 6.07) is 20.0. The molecule has 9 heteroatoms. The van der Waals surface area contributed by atoms with Crippen LogP contribution >= 0.6 is 11.8 Å². The van der Waals surface area contributed by atoms with Crippen molar-refractivity contribution in [3.63, 3.8) is 0 Å². The normalized spacial score (nSPS) is 11.0. The van der Waals surface area contributed by atoms with E-state index >= 15 is 0 Å². The average Bonchev–Trinajstić information content (AvgIpc) is 2.82. The number of benzene rings is 3. The molecule has 0 unspecified atom stereocenters. The zero-order valence-electron chi connectivity index (χ0n) is 17.9. The fourth-order valence-corrected chi connectivity index (χ4v) is 4.94. The molecule has 3 rings (SSSR count). The first-order chi connectivity index (χ1) is 15.4. The minimum atomic E-state index is -4.03. The second-order valence-corrected chi connectivity index (χ2v) is 9.39. The summed E-state index contributed by atoms with van der Waals surface area (Å²) in [4.78, 5) is 13.9. The SMILES string of the molecule is COc1ccc(N(CC(=O)Nc2cccc(SC)c2)S(=O)(=O)c2ccccc2)cc1OC. The van der Waals surface area contributed by atoms with Gasteiger partial charge in [0.2, 0.25) is 5.91 Å². The molecule has 0 bridgehead atoms. The van der Waals surface area contributed by atoms with E-state index in [2.05, 4.69) is 5.32 Å². The third-order valence-corrected chi connectivity index (χ3v) is 7.14. The van der Waals surface area contributed by atoms with Gasteiger partial charge in [0.05, 0.1) is 24.8 Å². The van der Waals surface area contributed by atoms with Crippen molar-refractivity contribution in [2.75, 3.05) is 36.6 Å². The maximum atomic E-state index is 13.4. The standard InChI is InChI=1S/C23H24N2O5S2/c1-29-21-13-12-18(15-22(21)30-2)25(32(27,28)20-10-5-4-6-11-20)16-23(26)24-17-8-7-9-19(14-17)31-3/h4-15H,16H2,1-3H3,(H,24,26). The lowest BCUT2D eigenvalue weighted by Gasteiger charge is -2.25. The molecular weight excluding hydrogens is 448 g/mol. The molecule has 7 nitrogen and oxygen atoms in total. The number of hydrogen-bond acceptors (Lipinski definition) is 6. The quantitative estimate of drug-likeness (QED) is 0.469. The van der Waals surface area contributed by atoms with E-state index in [9.17, 15) is 13.2 Å². The summed E-state index contributed by atoms with van der Waals surface area (Å²) in [5.74, 6) is 0.329. The van der Waals surface area contributed by atoms with E-state index < -0.39 is 22.5 Å². The molecule has 1 N–H and O–H groups in total. The minimum absolute atomic E-state index is 0.0759. The van der Waals surface area contributed by atoms with Gasteiger partial charge in [-0.25, -0.2) is 8.42 Å². The van der Waals surface area contributed by atoms with Crippen molar-refractivity contribution in [1.29, 1.82) is 0 Å². The van der Waals surface area contributed by atoms with Gasteiger partial charge in [-0.3, -0.25) is 9.10 Å². The maximum Gasteiger partial charge on any atom is 0.264 e. The number of amides is 1. The topological polar surface area (TPSA) is 84.9 Å². The molecule has 1 amide bonds. The Morgan fingerprint density at radius 2 is 1.66 bits per heavy atom. The molecule has 0 saturated carbocycles. The maximum absolute atomic E-state index is 13.4. The Hall–Kier alpha value is -3.17. The lowest BCUT2D eigenvalue weighted by molar-refractivity contribution is -0.114. The average molecular weight is 473 g/mol. The monoisotopic (exact) mass is 472 g/mol. The van der Waals surface area contributed by atoms with Crippen LogP contribution < -0.4 is 19.1 Å². The molecule has 168 valence electrons. The molecule has 32 heavy (non-hydrogen) atoms. The number of nitrogens with one attached hydrogen (secondary N) is 1. The summed E-state index contributed by atoms with van der Waals surface area (Å²) in [6.07, 6.45) is 1.94. The van der Waals surface area contributed by atoms with Gasteiger partial charge >= 0.3 is 0 Å². The molecule has 0 radical (unpaired) electrons. The molecular formula is C23H24N2O5S2. The molecule has 0 aliphatic heterocycles. The van der Waals surface area contributed by atoms with Crippen molar-refractivity contribution in [1.82, 2.24) is 0 Å². The molecule has 0 aliphatic carbocycles. The summed E-state index contributed by atoms with van der Waals surface area (Å²) in [6.45, 7) is -0.420. The number of thioether (sulfide) groups is 1. The van der Waals surface area contributed by atoms with E-state index in [1.807, 2.05) is 24.5 Å². The van der Waals surface area contributed by atoms with Crippen molar-refractivity contribution in [2.45, 2.75) is 9.79 Å². The van der Waals surface area contributed by atoms with E-state index in [4.69, 9.17) is 9.47 Å². The van der Waals surface area contributed by atoms with Crippen LogP contribution in [-0.2, 0) is 14.8 Å². The number of methoxy groups -OCH3 is 2. The van der Waals surface area contributed by atoms with Gasteiger partial charge in [-0.05, 0) is 48.7 Å². The van der Waals surface area contributed by atoms with Gasteiger partial charge in [-0.2, -0.15) is 0 Å². The first kappa shape index (κ1) is 23.5. The molecule has 0 heterocycles. The zero-order chi connectivity index (χ0) is 23.1. The number of rotatable bonds is 9. The Labute approximate surface area is 192 Å². The van der Waals surface area contributed by atoms with Crippen molar-refractivity contribution < 1.29 is 22.7 Å². The number of anilines is 2. The van der Waals surface area contributed by atoms with Crippen molar-refractivity contribution in [3.8, 4) is 11.5 Å². The van der Waals surface area contributed by atoms with Crippen LogP contribution in [0.2, 0.25) is 0 Å². The Bertz CT molecular complexity index is 1180. The van der Waals surface area contributed by atoms with Crippen LogP contribution in [0.25, 0.3) is 0 Å². The highest BCUT2D eigenvalue weighted by Crippen LogP contribution is 2.33. The van der Waals surface area contributed by atoms with Crippen LogP contribution in [0.1, 0.15) is 0 Å². The molecule has 0 fully saturated rings. The minimum Gasteiger partial charge on any atom is -0.493 e. The number of sulfonamides is 1. The van der Waals surface area contributed by atoms with Crippen LogP contribution in [0, 0.1) is 0 Å². The van der Waals surface area contributed by atoms with Gasteiger partial charge < -0.3 is 14.8 Å². The smallest absolute Gasteiger partial charge is 0.264 e. The number of hydrogen-bond donors (Lipinski definition) is 1. The molecule has 3 aromatic rings. The van der Waals surface area contributed by atoms with Gasteiger partial charge in [0.15, 0.2) is 11.5 Å². The number of ether oxygens (including phenoxy) is 2. The summed E-state index contributed by atoms with van der Waals surface area (Å²) >= 11 is 1.55. The zero-order valence-corrected chi connectivity index (χ0v) is 19.6. The highest BCUT2D eigenvalue weighted by molar-refractivity contribution is 7.98. The Kier molecular flexibility index (Phi) is 7.66. The number of carbonyl (C=O) groups excluding carboxylic acids is 1. The van der Waals surface area contributed by atoms with E-state index in [-0.39, 0.29) is 10.6 Å². The first-order valence-electron chi connectivity index (χ1n) is 9.62. The largest absolute Gasteiger partial charge is 0.493 e. The van der Waals surface area contributed by atoms with Crippen LogP contribution in [0.3, 0.4) is 0 Å². The molecule has 0 aromatic heterocycles. The highest BCUT2D eigenvalue weighted by atomic mass is 32.2. The Balaban J connectivity index is 1.98. The second kappa shape index (κ2) is 10.4. The fourth-order valence-electron chi connectivity index (χ4n) is 3.05. The van der Waals surface area contributed by atoms with Gasteiger partial charge in [-0.15, -0.1) is 11.8 Å². The predicted molar refractivity (Wildman–Crippen MR) is 127 cm³/mol. The molecule has 0 aliphatic rings. The molecule has 0 saturated heterocycles. The van der Waals surface area contributed by atoms with Crippen molar-refractivity contribution in [3.05, 3.63) is 72.8 Å². The van der Waals surface area contributed by atoms with Crippen LogP contribution in [0.4, 0.5) is 11.4 Å². The summed E-state index contributed by atoms with van der Waals surface area (Å²) in [7, 11) is -1.07. The van der Waals surface area contributed by atoms with Crippen LogP contribution in [0.5, 0.6) is 11.5 Å². The van der Waals surface area contributed by atoms with Gasteiger partial charge in [0.25, 0.3) is 10.0 Å². The van der Waals surface area contributed by atoms with Gasteiger partial charge in [-0.1, -0.05) is 24.3 Å². The molecule has 0 spiro atoms. The third-order valence-electron chi connectivity index (χ3n) is 4.63. The van der Waals surface area contributed by atoms with Crippen LogP contribution in [-0.4, -0.2) is 41.3 Å². The van der Waals surface area contributed by atoms with Gasteiger partial charge in [0, 0.05) is 16.6 Å². The highest BCUT2D eigenvalue weighted by Gasteiger charge is 2.28. The van der Waals surface area contributed by atoms with Crippen molar-refractivity contribution >= 4 is 39.1 Å². The predicted octanol–water partition coefficient (Wildman–Crippen LogP) is 4.26. The second-order valence-electron chi connectivity index (χ2n) is 6.64. The Morgan fingerprint density at radius 3 is 2.31 bits per heavy atom. The molecule has 0 atom stereocenters. The van der Waals surface area contributed by atoms with Gasteiger partial charge in [0.1, 0.15) is 6.54 Å². The lowest BCUT2D eigenvalue weighted by Crippen LogP contribution is -2.38. The first-order valence-corrected chi connectivity index (χ1v) is 12.3. The van der Waals surface area contributed by atoms with E-state index in [0.717, 1.165) is 9.20 Å². The van der Waals surface area contributed by atoms with E-state index in [1.54, 1.807) is 48.2 Å². The van der Waals surface area contributed by atoms with E-state index in [0.29, 0.717) is 17.2 Å². The summed E-state index contributed by atoms with van der Waals surface area (Å²) in [5, 5.41) is 2.78. The third kappa shape index (κ3) is 5.35. The van der Waals surface area contributed by atoms with Crippen molar-refractivity contribution in [2.24, 2.45) is 0 Å². The summed E-state index contributed by atoms with van der Waals surface area (Å²) in [5.41, 5.74) is 0.866.